The van der Waals surface area contributed by atoms with Crippen molar-refractivity contribution in [3.05, 3.63) is 96.1 Å². The average Bonchev–Trinajstić information content (AvgIpc) is 2.75. The normalized spacial score (nSPS) is 12.5. The Balaban J connectivity index is 1.68. The van der Waals surface area contributed by atoms with Gasteiger partial charge in [0.25, 0.3) is 11.8 Å². The van der Waals surface area contributed by atoms with Gasteiger partial charge in [0.05, 0.1) is 17.3 Å². The topological polar surface area (TPSA) is 67.4 Å². The highest BCUT2D eigenvalue weighted by Crippen LogP contribution is 2.19. The molecule has 0 saturated carbocycles. The number of hydrogen-bond donors (Lipinski definition) is 2. The molecule has 0 aromatic heterocycles. The summed E-state index contributed by atoms with van der Waals surface area (Å²) in [4.78, 5) is 25.4. The molecular weight excluding hydrogens is 364 g/mol. The lowest BCUT2D eigenvalue weighted by Crippen LogP contribution is -2.32. The van der Waals surface area contributed by atoms with Crippen LogP contribution in [0.3, 0.4) is 0 Å². The van der Waals surface area contributed by atoms with Crippen LogP contribution in [0.4, 0.5) is 5.69 Å². The van der Waals surface area contributed by atoms with Crippen LogP contribution in [0.15, 0.2) is 84.9 Å². The van der Waals surface area contributed by atoms with Crippen LogP contribution in [0.2, 0.25) is 0 Å². The Morgan fingerprint density at radius 2 is 1.38 bits per heavy atom. The van der Waals surface area contributed by atoms with E-state index in [1.807, 2.05) is 55.5 Å². The van der Waals surface area contributed by atoms with Crippen molar-refractivity contribution in [2.45, 2.75) is 26.0 Å². The Kier molecular flexibility index (Phi) is 6.63. The molecule has 0 fully saturated rings. The van der Waals surface area contributed by atoms with Gasteiger partial charge in [-0.1, -0.05) is 60.7 Å². The highest BCUT2D eigenvalue weighted by Gasteiger charge is 2.19. The second kappa shape index (κ2) is 9.55. The van der Waals surface area contributed by atoms with Crippen LogP contribution in [0.1, 0.15) is 35.8 Å². The number of para-hydroxylation sites is 2. The molecule has 0 aliphatic carbocycles. The quantitative estimate of drug-likeness (QED) is 0.622. The summed E-state index contributed by atoms with van der Waals surface area (Å²) in [7, 11) is 0. The molecule has 0 aliphatic rings. The van der Waals surface area contributed by atoms with Crippen LogP contribution in [0.5, 0.6) is 5.75 Å². The van der Waals surface area contributed by atoms with Gasteiger partial charge >= 0.3 is 0 Å². The molecule has 2 atom stereocenters. The molecule has 2 amide bonds. The molecule has 2 N–H and O–H groups in total. The Morgan fingerprint density at radius 1 is 0.793 bits per heavy atom. The van der Waals surface area contributed by atoms with Gasteiger partial charge in [0, 0.05) is 0 Å². The predicted molar refractivity (Wildman–Crippen MR) is 114 cm³/mol. The fourth-order valence-corrected chi connectivity index (χ4v) is 2.88. The number of carbonyl (C=O) groups is 2. The summed E-state index contributed by atoms with van der Waals surface area (Å²) < 4.78 is 5.66. The number of carbonyl (C=O) groups excluding carboxylic acids is 2. The first kappa shape index (κ1) is 20.1. The van der Waals surface area contributed by atoms with Gasteiger partial charge in [0.1, 0.15) is 5.75 Å². The second-order valence-electron chi connectivity index (χ2n) is 6.71. The summed E-state index contributed by atoms with van der Waals surface area (Å²) in [5.41, 5.74) is 1.85. The van der Waals surface area contributed by atoms with Crippen LogP contribution in [0, 0.1) is 0 Å². The lowest BCUT2D eigenvalue weighted by Gasteiger charge is -2.18. The first-order chi connectivity index (χ1) is 14.0. The molecule has 0 heterocycles. The second-order valence-corrected chi connectivity index (χ2v) is 6.71. The van der Waals surface area contributed by atoms with Crippen molar-refractivity contribution in [2.75, 3.05) is 5.32 Å². The highest BCUT2D eigenvalue weighted by atomic mass is 16.5. The number of benzene rings is 3. The minimum atomic E-state index is -0.711. The number of ether oxygens (including phenoxy) is 1. The maximum Gasteiger partial charge on any atom is 0.265 e. The molecule has 0 saturated heterocycles. The Labute approximate surface area is 170 Å². The van der Waals surface area contributed by atoms with Crippen LogP contribution >= 0.6 is 0 Å². The third-order valence-corrected chi connectivity index (χ3v) is 4.50. The fourth-order valence-electron chi connectivity index (χ4n) is 2.88. The summed E-state index contributed by atoms with van der Waals surface area (Å²) in [6, 6.07) is 25.6. The molecule has 0 unspecified atom stereocenters. The minimum absolute atomic E-state index is 0.159. The smallest absolute Gasteiger partial charge is 0.265 e. The van der Waals surface area contributed by atoms with E-state index in [1.165, 1.54) is 0 Å². The zero-order valence-electron chi connectivity index (χ0n) is 16.5. The number of hydrogen-bond acceptors (Lipinski definition) is 3. The molecule has 5 nitrogen and oxygen atoms in total. The predicted octanol–water partition coefficient (Wildman–Crippen LogP) is 4.58. The Bertz CT molecular complexity index is 958. The Hall–Kier alpha value is -3.60. The van der Waals surface area contributed by atoms with Crippen molar-refractivity contribution in [1.82, 2.24) is 5.32 Å². The van der Waals surface area contributed by atoms with Crippen molar-refractivity contribution in [3.8, 4) is 5.75 Å². The van der Waals surface area contributed by atoms with Crippen molar-refractivity contribution < 1.29 is 14.3 Å². The molecule has 0 aliphatic heterocycles. The van der Waals surface area contributed by atoms with E-state index in [-0.39, 0.29) is 17.9 Å². The van der Waals surface area contributed by atoms with E-state index in [0.717, 1.165) is 5.56 Å². The molecule has 3 aromatic carbocycles. The first-order valence-electron chi connectivity index (χ1n) is 9.52. The SMILES string of the molecule is C[C@H](NC(=O)c1ccccc1NC(=O)[C@@H](C)Oc1ccccc1)c1ccccc1. The molecule has 148 valence electrons. The Morgan fingerprint density at radius 3 is 2.07 bits per heavy atom. The molecule has 0 bridgehead atoms. The van der Waals surface area contributed by atoms with Gasteiger partial charge in [-0.15, -0.1) is 0 Å². The molecule has 0 spiro atoms. The van der Waals surface area contributed by atoms with E-state index in [2.05, 4.69) is 10.6 Å². The number of amides is 2. The van der Waals surface area contributed by atoms with Gasteiger partial charge < -0.3 is 15.4 Å². The number of nitrogens with one attached hydrogen (secondary N) is 2. The van der Waals surface area contributed by atoms with Crippen molar-refractivity contribution in [1.29, 1.82) is 0 Å². The zero-order valence-corrected chi connectivity index (χ0v) is 16.5. The molecule has 3 aromatic rings. The van der Waals surface area contributed by atoms with Crippen LogP contribution in [-0.2, 0) is 4.79 Å². The summed E-state index contributed by atoms with van der Waals surface area (Å²) >= 11 is 0. The van der Waals surface area contributed by atoms with Gasteiger partial charge in [-0.3, -0.25) is 9.59 Å². The van der Waals surface area contributed by atoms with E-state index in [9.17, 15) is 9.59 Å². The van der Waals surface area contributed by atoms with Crippen LogP contribution in [0.25, 0.3) is 0 Å². The molecular formula is C24H24N2O3. The van der Waals surface area contributed by atoms with Gasteiger partial charge in [-0.25, -0.2) is 0 Å². The monoisotopic (exact) mass is 388 g/mol. The maximum absolute atomic E-state index is 12.8. The highest BCUT2D eigenvalue weighted by molar-refractivity contribution is 6.04. The maximum atomic E-state index is 12.8. The molecule has 3 rings (SSSR count). The summed E-state index contributed by atoms with van der Waals surface area (Å²) in [6.45, 7) is 3.59. The van der Waals surface area contributed by atoms with E-state index in [0.29, 0.717) is 17.0 Å². The van der Waals surface area contributed by atoms with Gasteiger partial charge in [-0.2, -0.15) is 0 Å². The molecule has 29 heavy (non-hydrogen) atoms. The van der Waals surface area contributed by atoms with E-state index in [4.69, 9.17) is 4.74 Å². The zero-order chi connectivity index (χ0) is 20.6. The molecule has 0 radical (unpaired) electrons. The molecule has 5 heteroatoms. The third kappa shape index (κ3) is 5.45. The van der Waals surface area contributed by atoms with Crippen molar-refractivity contribution in [2.24, 2.45) is 0 Å². The van der Waals surface area contributed by atoms with Gasteiger partial charge in [-0.05, 0) is 43.7 Å². The summed E-state index contributed by atoms with van der Waals surface area (Å²) in [5, 5.41) is 5.77. The lowest BCUT2D eigenvalue weighted by molar-refractivity contribution is -0.122. The first-order valence-corrected chi connectivity index (χ1v) is 9.52. The number of anilines is 1. The van der Waals surface area contributed by atoms with E-state index >= 15 is 0 Å². The standard InChI is InChI=1S/C24H24N2O3/c1-17(19-11-5-3-6-12-19)25-24(28)21-15-9-10-16-22(21)26-23(27)18(2)29-20-13-7-4-8-14-20/h3-18H,1-2H3,(H,25,28)(H,26,27)/t17-,18+/m0/s1. The van der Waals surface area contributed by atoms with Crippen LogP contribution < -0.4 is 15.4 Å². The third-order valence-electron chi connectivity index (χ3n) is 4.50. The fraction of sp³-hybridized carbons (Fsp3) is 0.167. The van der Waals surface area contributed by atoms with Gasteiger partial charge in [0.2, 0.25) is 0 Å². The largest absolute Gasteiger partial charge is 0.481 e. The van der Waals surface area contributed by atoms with Crippen LogP contribution in [-0.4, -0.2) is 17.9 Å². The summed E-state index contributed by atoms with van der Waals surface area (Å²) in [6.07, 6.45) is -0.711. The number of rotatable bonds is 7. The minimum Gasteiger partial charge on any atom is -0.481 e. The van der Waals surface area contributed by atoms with Gasteiger partial charge in [0.15, 0.2) is 6.10 Å². The van der Waals surface area contributed by atoms with E-state index in [1.54, 1.807) is 43.3 Å². The lowest BCUT2D eigenvalue weighted by atomic mass is 10.1. The van der Waals surface area contributed by atoms with Crippen molar-refractivity contribution in [3.63, 3.8) is 0 Å². The van der Waals surface area contributed by atoms with Crippen molar-refractivity contribution >= 4 is 17.5 Å². The van der Waals surface area contributed by atoms with E-state index < -0.39 is 6.10 Å². The average molecular weight is 388 g/mol. The summed E-state index contributed by atoms with van der Waals surface area (Å²) in [5.74, 6) is 0.0250.